The summed E-state index contributed by atoms with van der Waals surface area (Å²) in [4.78, 5) is 45.9. The normalized spacial score (nSPS) is 16.4. The van der Waals surface area contributed by atoms with E-state index in [0.717, 1.165) is 21.5 Å². The van der Waals surface area contributed by atoms with Crippen molar-refractivity contribution >= 4 is 71.4 Å². The number of nitrogens with one attached hydrogen (secondary N) is 1. The van der Waals surface area contributed by atoms with Crippen molar-refractivity contribution in [2.24, 2.45) is 5.92 Å². The second-order valence-electron chi connectivity index (χ2n) is 13.4. The zero-order valence-electron chi connectivity index (χ0n) is 29.7. The van der Waals surface area contributed by atoms with E-state index in [1.54, 1.807) is 24.1 Å². The number of hydrogen-bond acceptors (Lipinski definition) is 6. The molecule has 0 aromatic heterocycles. The van der Waals surface area contributed by atoms with Gasteiger partial charge >= 0.3 is 5.97 Å². The Morgan fingerprint density at radius 2 is 1.33 bits per heavy atom. The first-order valence-electron chi connectivity index (χ1n) is 17.0. The average Bonchev–Trinajstić information content (AvgIpc) is 3.13. The number of thiocarbonyl (C=S) groups is 1. The molecule has 10 heteroatoms. The molecule has 264 valence electrons. The maximum Gasteiger partial charge on any atom is 0.356 e. The molecule has 1 fully saturated rings. The molecule has 1 N–H and O–H groups in total. The summed E-state index contributed by atoms with van der Waals surface area (Å²) in [6.07, 6.45) is 0.998. The summed E-state index contributed by atoms with van der Waals surface area (Å²) >= 11 is 5.38. The van der Waals surface area contributed by atoms with Gasteiger partial charge in [-0.15, -0.1) is 0 Å². The van der Waals surface area contributed by atoms with Crippen molar-refractivity contribution in [1.82, 2.24) is 10.2 Å². The Bertz CT molecular complexity index is 1840. The van der Waals surface area contributed by atoms with E-state index in [0.29, 0.717) is 10.6 Å². The Morgan fingerprint density at radius 3 is 1.76 bits per heavy atom. The van der Waals surface area contributed by atoms with E-state index >= 15 is 0 Å². The summed E-state index contributed by atoms with van der Waals surface area (Å²) in [5.74, 6) is -1.73. The number of rotatable bonds is 14. The van der Waals surface area contributed by atoms with Gasteiger partial charge in [0.1, 0.15) is 17.0 Å². The second-order valence-corrected chi connectivity index (χ2v) is 21.6. The Hall–Kier alpha value is -4.40. The lowest BCUT2D eigenvalue weighted by Crippen LogP contribution is -2.69. The van der Waals surface area contributed by atoms with Gasteiger partial charge in [-0.1, -0.05) is 140 Å². The topological polar surface area (TPSA) is 84.9 Å². The van der Waals surface area contributed by atoms with Gasteiger partial charge in [0.25, 0.3) is 0 Å². The van der Waals surface area contributed by atoms with Gasteiger partial charge in [0.05, 0.1) is 18.1 Å². The van der Waals surface area contributed by atoms with Crippen LogP contribution in [-0.2, 0) is 18.8 Å². The molecule has 51 heavy (non-hydrogen) atoms. The first-order valence-corrected chi connectivity index (χ1v) is 22.6. The van der Waals surface area contributed by atoms with Crippen LogP contribution >= 0.6 is 19.1 Å². The summed E-state index contributed by atoms with van der Waals surface area (Å²) in [5.41, 5.74) is 1.51. The molecule has 1 amide bonds. The van der Waals surface area contributed by atoms with Crippen LogP contribution in [0.3, 0.4) is 0 Å². The third-order valence-electron chi connectivity index (χ3n) is 8.90. The quantitative estimate of drug-likeness (QED) is 0.0320. The molecule has 1 aliphatic rings. The van der Waals surface area contributed by atoms with Gasteiger partial charge in [-0.3, -0.25) is 9.59 Å². The third kappa shape index (κ3) is 7.92. The van der Waals surface area contributed by atoms with E-state index in [2.05, 4.69) is 31.5 Å². The number of carbonyl (C=O) groups excluding carboxylic acids is 3. The molecular weight excluding hydrogens is 692 g/mol. The van der Waals surface area contributed by atoms with Crippen molar-refractivity contribution < 1.29 is 23.5 Å². The number of esters is 1. The van der Waals surface area contributed by atoms with Crippen LogP contribution in [0.2, 0.25) is 19.6 Å². The van der Waals surface area contributed by atoms with Crippen LogP contribution in [0, 0.1) is 5.92 Å². The van der Waals surface area contributed by atoms with Crippen molar-refractivity contribution in [3.63, 3.8) is 0 Å². The Balaban J connectivity index is 1.81. The van der Waals surface area contributed by atoms with Crippen LogP contribution in [0.4, 0.5) is 0 Å². The molecule has 7 nitrogen and oxygen atoms in total. The summed E-state index contributed by atoms with van der Waals surface area (Å²) in [6.45, 7) is 8.70. The molecule has 3 atom stereocenters. The second kappa shape index (κ2) is 16.3. The summed E-state index contributed by atoms with van der Waals surface area (Å²) in [7, 11) is -0.354. The highest BCUT2D eigenvalue weighted by molar-refractivity contribution is 7.96. The minimum atomic E-state index is -3.14. The van der Waals surface area contributed by atoms with Gasteiger partial charge in [-0.25, -0.2) is 4.79 Å². The van der Waals surface area contributed by atoms with Crippen LogP contribution in [0.1, 0.15) is 29.3 Å². The van der Waals surface area contributed by atoms with Crippen LogP contribution in [-0.4, -0.2) is 67.1 Å². The fourth-order valence-corrected chi connectivity index (χ4v) is 12.6. The Labute approximate surface area is 307 Å². The number of β-lactam (4-membered cyclic amide) rings is 1. The Kier molecular flexibility index (Phi) is 12.1. The predicted octanol–water partition coefficient (Wildman–Crippen LogP) is 6.07. The maximum atomic E-state index is 14.8. The van der Waals surface area contributed by atoms with Gasteiger partial charge < -0.3 is 19.4 Å². The molecule has 0 radical (unpaired) electrons. The molecule has 0 spiro atoms. The van der Waals surface area contributed by atoms with Gasteiger partial charge in [0.2, 0.25) is 5.91 Å². The van der Waals surface area contributed by atoms with Crippen LogP contribution < -0.4 is 21.2 Å². The summed E-state index contributed by atoms with van der Waals surface area (Å²) < 4.78 is 12.4. The van der Waals surface area contributed by atoms with Crippen LogP contribution in [0.25, 0.3) is 0 Å². The lowest BCUT2D eigenvalue weighted by atomic mass is 9.79. The molecule has 4 aromatic carbocycles. The van der Waals surface area contributed by atoms with Gasteiger partial charge in [-0.2, -0.15) is 0 Å². The fraction of sp³-hybridized carbons (Fsp3) is 0.244. The standard InChI is InChI=1S/C41H45N2O5PSSi/c1-7-27-47-41(46)40(49(32-17-11-8-12-18-32,33-19-13-9-14-20-33)34-21-15-10-16-22-34)43-35(37(39(43)45)29(2)48-51(4,5)6)28-36(44)30-23-25-31(26-24-30)38(50)42-3/h7-26,29,35,37H,1,27-28H2,2-6H3,(H,42,50)/t29-,35-,37-/m1/s1. The number of amides is 1. The minimum Gasteiger partial charge on any atom is -0.457 e. The molecule has 1 aliphatic heterocycles. The van der Waals surface area contributed by atoms with E-state index < -0.39 is 39.2 Å². The summed E-state index contributed by atoms with van der Waals surface area (Å²) in [5, 5.41) is 5.58. The number of nitrogens with zero attached hydrogens (tertiary/aromatic N) is 1. The molecule has 0 saturated carbocycles. The van der Waals surface area contributed by atoms with Crippen molar-refractivity contribution in [3.8, 4) is 0 Å². The van der Waals surface area contributed by atoms with Crippen molar-refractivity contribution in [3.05, 3.63) is 139 Å². The lowest BCUT2D eigenvalue weighted by Gasteiger charge is -2.52. The molecule has 1 heterocycles. The van der Waals surface area contributed by atoms with Crippen LogP contribution in [0.5, 0.6) is 0 Å². The first kappa shape index (κ1) is 37.8. The number of ether oxygens (including phenoxy) is 1. The predicted molar refractivity (Wildman–Crippen MR) is 215 cm³/mol. The van der Waals surface area contributed by atoms with E-state index in [9.17, 15) is 14.4 Å². The maximum absolute atomic E-state index is 14.8. The van der Waals surface area contributed by atoms with E-state index in [1.165, 1.54) is 6.08 Å². The molecule has 1 saturated heterocycles. The van der Waals surface area contributed by atoms with Crippen molar-refractivity contribution in [2.75, 3.05) is 13.7 Å². The molecule has 0 bridgehead atoms. The van der Waals surface area contributed by atoms with E-state index in [4.69, 9.17) is 21.4 Å². The SMILES string of the molecule is C=CCOC(=O)C(N1C(=O)[C@H]([C@@H](C)O[Si](C)(C)C)[C@H]1CC(=O)c1ccc(C(=S)NC)cc1)=P(c1ccccc1)(c1ccccc1)c1ccccc1. The van der Waals surface area contributed by atoms with Gasteiger partial charge in [0.15, 0.2) is 14.1 Å². The number of carbonyl (C=O) groups is 3. The highest BCUT2D eigenvalue weighted by Crippen LogP contribution is 2.50. The van der Waals surface area contributed by atoms with E-state index in [1.807, 2.05) is 110 Å². The highest BCUT2D eigenvalue weighted by atomic mass is 32.1. The van der Waals surface area contributed by atoms with Crippen LogP contribution in [0.15, 0.2) is 128 Å². The van der Waals surface area contributed by atoms with E-state index in [-0.39, 0.29) is 30.1 Å². The third-order valence-corrected chi connectivity index (χ3v) is 14.7. The molecular formula is C41H45N2O5PSSi. The Morgan fingerprint density at radius 1 is 0.863 bits per heavy atom. The number of ketones is 1. The average molecular weight is 737 g/mol. The van der Waals surface area contributed by atoms with Crippen molar-refractivity contribution in [1.29, 1.82) is 0 Å². The molecule has 5 rings (SSSR count). The molecule has 0 unspecified atom stereocenters. The molecule has 4 aromatic rings. The zero-order chi connectivity index (χ0) is 36.8. The van der Waals surface area contributed by atoms with Crippen molar-refractivity contribution in [2.45, 2.75) is 45.1 Å². The van der Waals surface area contributed by atoms with Gasteiger partial charge in [0, 0.05) is 31.5 Å². The monoisotopic (exact) mass is 736 g/mol. The minimum absolute atomic E-state index is 0.0256. The number of Topliss-reactive ketones (excluding diaryl/α,β-unsaturated/α-hetero) is 1. The summed E-state index contributed by atoms with van der Waals surface area (Å²) in [6, 6.07) is 35.9. The zero-order valence-corrected chi connectivity index (χ0v) is 32.5. The van der Waals surface area contributed by atoms with Gasteiger partial charge in [-0.05, 0) is 42.5 Å². The largest absolute Gasteiger partial charge is 0.457 e. The fourth-order valence-electron chi connectivity index (χ4n) is 6.82. The number of hydrogen-bond donors (Lipinski definition) is 1. The number of benzene rings is 4. The molecule has 0 aliphatic carbocycles. The number of likely N-dealkylation sites (tertiary alicyclic amines) is 1. The first-order chi connectivity index (χ1) is 24.4. The lowest BCUT2D eigenvalue weighted by molar-refractivity contribution is -0.156. The highest BCUT2D eigenvalue weighted by Gasteiger charge is 2.56. The smallest absolute Gasteiger partial charge is 0.356 e.